The standard InChI is InChI=1S/C62H101O11P/c1-4-7-10-13-16-19-22-25-27-28-29-30-32-34-36-39-42-45-48-51-60(64)69-55-59(73-62(66)53-50-47-44-41-38-35-31-26-23-20-17-14-11-8-5-2)57-71-74(67,68)70-56-58(54-63)72-61(65)52-49-46-43-40-37-33-24-21-18-15-12-9-6-3/h8-9,11-12,17-18,20-21,25-27,31,33,37-38,41,43,46-47,50,58-59,63H,4-7,10,13-16,19,22-24,28-30,32,34-36,39-40,42,44-45,48-49,51-57H2,1-3H3,(H,67,68)/b11-8-,12-9-,20-17-,21-18-,27-25-,31-26-,37-33-,41-38-,46-43-,50-47-. The first-order valence-corrected chi connectivity index (χ1v) is 29.9. The molecule has 0 rings (SSSR count). The summed E-state index contributed by atoms with van der Waals surface area (Å²) in [6.07, 6.45) is 67.9. The maximum Gasteiger partial charge on any atom is 0.472 e. The van der Waals surface area contributed by atoms with E-state index in [2.05, 4.69) is 99.8 Å². The molecule has 0 aliphatic heterocycles. The van der Waals surface area contributed by atoms with Crippen LogP contribution in [0.15, 0.2) is 122 Å². The molecule has 0 spiro atoms. The predicted octanol–water partition coefficient (Wildman–Crippen LogP) is 16.8. The molecule has 11 nitrogen and oxygen atoms in total. The number of carbonyl (C=O) groups is 3. The van der Waals surface area contributed by atoms with Crippen molar-refractivity contribution in [1.82, 2.24) is 0 Å². The van der Waals surface area contributed by atoms with Gasteiger partial charge in [0.2, 0.25) is 0 Å². The number of aliphatic hydroxyl groups excluding tert-OH is 1. The SMILES string of the molecule is CC/C=C\C/C=C\C/C=C\C/C=C\C/C=C\CC(=O)OC(COC(=O)CCCCCCCCCCC/C=C\CCCCCCCC)COP(=O)(O)OCC(CO)OC(=O)CC/C=C\C/C=C\C/C=C\C/C=C\CC. The van der Waals surface area contributed by atoms with Gasteiger partial charge in [0.15, 0.2) is 6.10 Å². The highest BCUT2D eigenvalue weighted by atomic mass is 31.2. The second kappa shape index (κ2) is 55.1. The lowest BCUT2D eigenvalue weighted by Crippen LogP contribution is -2.30. The molecule has 2 N–H and O–H groups in total. The van der Waals surface area contributed by atoms with Crippen molar-refractivity contribution in [2.75, 3.05) is 26.4 Å². The van der Waals surface area contributed by atoms with Gasteiger partial charge in [0.25, 0.3) is 0 Å². The molecule has 0 radical (unpaired) electrons. The topological polar surface area (TPSA) is 155 Å². The Bertz CT molecular complexity index is 1700. The fourth-order valence-electron chi connectivity index (χ4n) is 7.15. The quantitative estimate of drug-likeness (QED) is 0.0197. The number of esters is 3. The first kappa shape index (κ1) is 69.9. The zero-order chi connectivity index (χ0) is 54.1. The molecule has 420 valence electrons. The third kappa shape index (κ3) is 52.7. The van der Waals surface area contributed by atoms with Gasteiger partial charge in [-0.05, 0) is 96.3 Å². The molecule has 0 heterocycles. The molecule has 0 aliphatic carbocycles. The van der Waals surface area contributed by atoms with Crippen LogP contribution in [0.2, 0.25) is 0 Å². The minimum absolute atomic E-state index is 0.0431. The Morgan fingerprint density at radius 3 is 1.24 bits per heavy atom. The maximum atomic E-state index is 12.9. The highest BCUT2D eigenvalue weighted by Crippen LogP contribution is 2.43. The van der Waals surface area contributed by atoms with E-state index in [9.17, 15) is 28.9 Å². The van der Waals surface area contributed by atoms with E-state index in [1.165, 1.54) is 83.5 Å². The molecule has 0 aromatic rings. The number of rotatable bonds is 51. The van der Waals surface area contributed by atoms with E-state index in [-0.39, 0.29) is 25.9 Å². The number of phosphoric acid groups is 1. The van der Waals surface area contributed by atoms with E-state index in [1.54, 1.807) is 6.08 Å². The van der Waals surface area contributed by atoms with Crippen molar-refractivity contribution in [2.24, 2.45) is 0 Å². The summed E-state index contributed by atoms with van der Waals surface area (Å²) in [4.78, 5) is 48.4. The monoisotopic (exact) mass is 1050 g/mol. The molecular weight excluding hydrogens is 952 g/mol. The summed E-state index contributed by atoms with van der Waals surface area (Å²) in [6.45, 7) is 4.20. The van der Waals surface area contributed by atoms with Crippen LogP contribution in [0.4, 0.5) is 0 Å². The third-order valence-electron chi connectivity index (χ3n) is 11.4. The number of ether oxygens (including phenoxy) is 3. The number of phosphoric ester groups is 1. The highest BCUT2D eigenvalue weighted by Gasteiger charge is 2.28. The number of aliphatic hydroxyl groups is 1. The molecule has 0 aromatic carbocycles. The molecule has 12 heteroatoms. The second-order valence-electron chi connectivity index (χ2n) is 18.3. The van der Waals surface area contributed by atoms with Gasteiger partial charge in [-0.1, -0.05) is 219 Å². The lowest BCUT2D eigenvalue weighted by molar-refractivity contribution is -0.160. The van der Waals surface area contributed by atoms with Crippen LogP contribution in [0.1, 0.15) is 213 Å². The molecule has 3 atom stereocenters. The smallest absolute Gasteiger partial charge is 0.462 e. The molecule has 0 saturated heterocycles. The van der Waals surface area contributed by atoms with Crippen LogP contribution in [0.5, 0.6) is 0 Å². The highest BCUT2D eigenvalue weighted by molar-refractivity contribution is 7.47. The van der Waals surface area contributed by atoms with Crippen LogP contribution in [-0.4, -0.2) is 66.5 Å². The van der Waals surface area contributed by atoms with Gasteiger partial charge >= 0.3 is 25.7 Å². The largest absolute Gasteiger partial charge is 0.472 e. The minimum atomic E-state index is -4.80. The fourth-order valence-corrected chi connectivity index (χ4v) is 7.93. The Kier molecular flexibility index (Phi) is 52.1. The Hall–Kier alpha value is -4.12. The van der Waals surface area contributed by atoms with Crippen molar-refractivity contribution in [2.45, 2.75) is 226 Å². The summed E-state index contributed by atoms with van der Waals surface area (Å²) in [5, 5.41) is 9.78. The van der Waals surface area contributed by atoms with Gasteiger partial charge in [0.1, 0.15) is 12.7 Å². The van der Waals surface area contributed by atoms with Crippen LogP contribution < -0.4 is 0 Å². The summed E-state index contributed by atoms with van der Waals surface area (Å²) in [6, 6.07) is 0. The normalized spacial score (nSPS) is 14.3. The summed E-state index contributed by atoms with van der Waals surface area (Å²) >= 11 is 0. The molecule has 3 unspecified atom stereocenters. The van der Waals surface area contributed by atoms with Gasteiger partial charge in [-0.25, -0.2) is 4.57 Å². The van der Waals surface area contributed by atoms with Crippen molar-refractivity contribution in [3.63, 3.8) is 0 Å². The van der Waals surface area contributed by atoms with Gasteiger partial charge in [-0.15, -0.1) is 0 Å². The van der Waals surface area contributed by atoms with Crippen LogP contribution in [0.25, 0.3) is 0 Å². The fraction of sp³-hybridized carbons (Fsp3) is 0.629. The minimum Gasteiger partial charge on any atom is -0.462 e. The molecule has 74 heavy (non-hydrogen) atoms. The van der Waals surface area contributed by atoms with Gasteiger partial charge in [-0.2, -0.15) is 0 Å². The predicted molar refractivity (Wildman–Crippen MR) is 306 cm³/mol. The molecule has 0 amide bonds. The van der Waals surface area contributed by atoms with E-state index in [0.29, 0.717) is 19.3 Å². The van der Waals surface area contributed by atoms with Gasteiger partial charge in [-0.3, -0.25) is 23.4 Å². The van der Waals surface area contributed by atoms with Gasteiger partial charge in [0.05, 0.1) is 26.2 Å². The first-order valence-electron chi connectivity index (χ1n) is 28.4. The molecule has 0 aromatic heterocycles. The molecule has 0 saturated carbocycles. The Balaban J connectivity index is 4.87. The maximum absolute atomic E-state index is 12.9. The van der Waals surface area contributed by atoms with Crippen molar-refractivity contribution in [3.8, 4) is 0 Å². The zero-order valence-electron chi connectivity index (χ0n) is 46.3. The van der Waals surface area contributed by atoms with Crippen LogP contribution in [0.3, 0.4) is 0 Å². The average Bonchev–Trinajstić information content (AvgIpc) is 3.39. The number of allylic oxidation sites excluding steroid dienone is 19. The molecule has 0 fully saturated rings. The van der Waals surface area contributed by atoms with Gasteiger partial charge < -0.3 is 24.2 Å². The lowest BCUT2D eigenvalue weighted by Gasteiger charge is -2.21. The van der Waals surface area contributed by atoms with Crippen LogP contribution >= 0.6 is 7.82 Å². The average molecular weight is 1050 g/mol. The molecular formula is C62H101O11P. The summed E-state index contributed by atoms with van der Waals surface area (Å²) in [7, 11) is -4.80. The number of unbranched alkanes of at least 4 members (excludes halogenated alkanes) is 15. The van der Waals surface area contributed by atoms with E-state index >= 15 is 0 Å². The lowest BCUT2D eigenvalue weighted by atomic mass is 10.1. The third-order valence-corrected chi connectivity index (χ3v) is 12.3. The van der Waals surface area contributed by atoms with Crippen LogP contribution in [0, 0.1) is 0 Å². The summed E-state index contributed by atoms with van der Waals surface area (Å²) in [5.41, 5.74) is 0. The second-order valence-corrected chi connectivity index (χ2v) is 19.8. The van der Waals surface area contributed by atoms with Crippen molar-refractivity contribution < 1.29 is 52.2 Å². The zero-order valence-corrected chi connectivity index (χ0v) is 47.2. The van der Waals surface area contributed by atoms with E-state index in [4.69, 9.17) is 23.3 Å². The summed E-state index contributed by atoms with van der Waals surface area (Å²) in [5.74, 6) is -1.72. The van der Waals surface area contributed by atoms with Crippen molar-refractivity contribution in [3.05, 3.63) is 122 Å². The van der Waals surface area contributed by atoms with Crippen molar-refractivity contribution >= 4 is 25.7 Å². The van der Waals surface area contributed by atoms with Gasteiger partial charge in [0, 0.05) is 12.8 Å². The van der Waals surface area contributed by atoms with E-state index < -0.39 is 57.8 Å². The van der Waals surface area contributed by atoms with Crippen molar-refractivity contribution in [1.29, 1.82) is 0 Å². The van der Waals surface area contributed by atoms with E-state index in [1.807, 2.05) is 36.5 Å². The number of hydrogen-bond acceptors (Lipinski definition) is 10. The van der Waals surface area contributed by atoms with E-state index in [0.717, 1.165) is 70.6 Å². The van der Waals surface area contributed by atoms with Crippen LogP contribution in [-0.2, 0) is 42.2 Å². The first-order chi connectivity index (χ1) is 36.2. The summed E-state index contributed by atoms with van der Waals surface area (Å²) < 4.78 is 39.2. The molecule has 0 bridgehead atoms. The Morgan fingerprint density at radius 2 is 0.784 bits per heavy atom. The Morgan fingerprint density at radius 1 is 0.405 bits per heavy atom. The number of carbonyl (C=O) groups excluding carboxylic acids is 3. The molecule has 0 aliphatic rings. The Labute approximate surface area is 449 Å². The number of hydrogen-bond donors (Lipinski definition) is 2.